The molecule has 0 heterocycles. The summed E-state index contributed by atoms with van der Waals surface area (Å²) >= 11 is 0. The van der Waals surface area contributed by atoms with Crippen molar-refractivity contribution < 1.29 is 14.3 Å². The third-order valence-corrected chi connectivity index (χ3v) is 2.70. The molecule has 0 spiro atoms. The van der Waals surface area contributed by atoms with Crippen LogP contribution < -0.4 is 10.1 Å². The predicted molar refractivity (Wildman–Crippen MR) is 69.5 cm³/mol. The molecule has 4 heteroatoms. The highest BCUT2D eigenvalue weighted by atomic mass is 16.5. The maximum Gasteiger partial charge on any atom is 0.308 e. The number of nitrogens with one attached hydrogen (secondary N) is 1. The van der Waals surface area contributed by atoms with Crippen LogP contribution in [0, 0.1) is 13.8 Å². The minimum Gasteiger partial charge on any atom is -0.426 e. The van der Waals surface area contributed by atoms with Gasteiger partial charge in [0.15, 0.2) is 0 Å². The molecular formula is C14H19NO3. The summed E-state index contributed by atoms with van der Waals surface area (Å²) in [5.74, 6) is 0.169. The first-order chi connectivity index (χ1) is 8.31. The van der Waals surface area contributed by atoms with Crippen molar-refractivity contribution in [2.45, 2.75) is 40.7 Å². The van der Waals surface area contributed by atoms with E-state index in [0.29, 0.717) is 5.75 Å². The number of aryl methyl sites for hydroxylation is 2. The Hall–Kier alpha value is -1.84. The van der Waals surface area contributed by atoms with Crippen molar-refractivity contribution in [2.75, 3.05) is 0 Å². The zero-order chi connectivity index (χ0) is 13.9. The molecule has 1 rings (SSSR count). The van der Waals surface area contributed by atoms with Gasteiger partial charge in [0.05, 0.1) is 6.04 Å². The van der Waals surface area contributed by atoms with Crippen molar-refractivity contribution in [3.05, 3.63) is 28.8 Å². The predicted octanol–water partition coefficient (Wildman–Crippen LogP) is 2.43. The van der Waals surface area contributed by atoms with Crippen LogP contribution in [0.25, 0.3) is 0 Å². The number of benzene rings is 1. The molecule has 1 N–H and O–H groups in total. The average molecular weight is 249 g/mol. The van der Waals surface area contributed by atoms with Gasteiger partial charge in [0, 0.05) is 13.8 Å². The molecule has 0 unspecified atom stereocenters. The number of rotatable bonds is 3. The topological polar surface area (TPSA) is 55.4 Å². The largest absolute Gasteiger partial charge is 0.426 e. The van der Waals surface area contributed by atoms with E-state index in [0.717, 1.165) is 16.7 Å². The van der Waals surface area contributed by atoms with Gasteiger partial charge >= 0.3 is 5.97 Å². The fourth-order valence-corrected chi connectivity index (χ4v) is 1.93. The van der Waals surface area contributed by atoms with Gasteiger partial charge in [0.1, 0.15) is 5.75 Å². The highest BCUT2D eigenvalue weighted by Gasteiger charge is 2.13. The fraction of sp³-hybridized carbons (Fsp3) is 0.429. The van der Waals surface area contributed by atoms with Gasteiger partial charge in [-0.05, 0) is 43.5 Å². The van der Waals surface area contributed by atoms with Gasteiger partial charge in [-0.1, -0.05) is 6.07 Å². The van der Waals surface area contributed by atoms with Crippen molar-refractivity contribution in [3.8, 4) is 5.75 Å². The molecule has 4 nitrogen and oxygen atoms in total. The summed E-state index contributed by atoms with van der Waals surface area (Å²) in [5.41, 5.74) is 2.89. The zero-order valence-electron chi connectivity index (χ0n) is 11.5. The van der Waals surface area contributed by atoms with E-state index in [2.05, 4.69) is 5.32 Å². The Kier molecular flexibility index (Phi) is 4.48. The van der Waals surface area contributed by atoms with Gasteiger partial charge in [0.2, 0.25) is 5.91 Å². The minimum atomic E-state index is -0.333. The minimum absolute atomic E-state index is 0.0624. The monoisotopic (exact) mass is 249 g/mol. The van der Waals surface area contributed by atoms with E-state index in [4.69, 9.17) is 4.74 Å². The van der Waals surface area contributed by atoms with Crippen LogP contribution in [0.5, 0.6) is 5.75 Å². The molecule has 18 heavy (non-hydrogen) atoms. The van der Waals surface area contributed by atoms with E-state index < -0.39 is 0 Å². The number of amides is 1. The Labute approximate surface area is 107 Å². The van der Waals surface area contributed by atoms with Crippen molar-refractivity contribution in [1.29, 1.82) is 0 Å². The fourth-order valence-electron chi connectivity index (χ4n) is 1.93. The molecule has 0 fully saturated rings. The van der Waals surface area contributed by atoms with E-state index in [1.165, 1.54) is 13.8 Å². The van der Waals surface area contributed by atoms with E-state index in [9.17, 15) is 9.59 Å². The average Bonchev–Trinajstić information content (AvgIpc) is 2.21. The van der Waals surface area contributed by atoms with Gasteiger partial charge in [-0.25, -0.2) is 0 Å². The summed E-state index contributed by atoms with van der Waals surface area (Å²) < 4.78 is 5.12. The number of ether oxygens (including phenoxy) is 1. The van der Waals surface area contributed by atoms with Crippen LogP contribution >= 0.6 is 0 Å². The molecule has 0 saturated carbocycles. The number of hydrogen-bond donors (Lipinski definition) is 1. The van der Waals surface area contributed by atoms with Crippen LogP contribution in [0.15, 0.2) is 12.1 Å². The van der Waals surface area contributed by atoms with Crippen molar-refractivity contribution in [3.63, 3.8) is 0 Å². The SMILES string of the molecule is CC(=O)N[C@H](C)c1cc(C)c(OC(C)=O)cc1C. The second kappa shape index (κ2) is 5.67. The molecule has 0 saturated heterocycles. The smallest absolute Gasteiger partial charge is 0.308 e. The van der Waals surface area contributed by atoms with Crippen LogP contribution in [0.2, 0.25) is 0 Å². The Morgan fingerprint density at radius 1 is 1.17 bits per heavy atom. The first-order valence-corrected chi connectivity index (χ1v) is 5.88. The Bertz CT molecular complexity index is 480. The maximum atomic E-state index is 11.1. The molecular weight excluding hydrogens is 230 g/mol. The Morgan fingerprint density at radius 2 is 1.78 bits per heavy atom. The van der Waals surface area contributed by atoms with Gasteiger partial charge in [-0.15, -0.1) is 0 Å². The Balaban J connectivity index is 3.06. The highest BCUT2D eigenvalue weighted by molar-refractivity contribution is 5.73. The van der Waals surface area contributed by atoms with E-state index >= 15 is 0 Å². The summed E-state index contributed by atoms with van der Waals surface area (Å²) in [7, 11) is 0. The normalized spacial score (nSPS) is 11.8. The number of carbonyl (C=O) groups excluding carboxylic acids is 2. The molecule has 0 aliphatic carbocycles. The standard InChI is InChI=1S/C14H19NO3/c1-8-7-14(18-12(5)17)9(2)6-13(8)10(3)15-11(4)16/h6-7,10H,1-5H3,(H,15,16)/t10-/m1/s1. The summed E-state index contributed by atoms with van der Waals surface area (Å²) in [6.45, 7) is 8.60. The molecule has 98 valence electrons. The van der Waals surface area contributed by atoms with Crippen LogP contribution in [0.3, 0.4) is 0 Å². The first-order valence-electron chi connectivity index (χ1n) is 5.88. The van der Waals surface area contributed by atoms with Crippen molar-refractivity contribution in [1.82, 2.24) is 5.32 Å². The molecule has 0 aliphatic heterocycles. The number of hydrogen-bond acceptors (Lipinski definition) is 3. The quantitative estimate of drug-likeness (QED) is 0.661. The van der Waals surface area contributed by atoms with Crippen LogP contribution in [-0.4, -0.2) is 11.9 Å². The lowest BCUT2D eigenvalue weighted by atomic mass is 9.99. The zero-order valence-corrected chi connectivity index (χ0v) is 11.5. The number of carbonyl (C=O) groups is 2. The lowest BCUT2D eigenvalue weighted by Crippen LogP contribution is -2.24. The third kappa shape index (κ3) is 3.58. The second-order valence-corrected chi connectivity index (χ2v) is 4.49. The summed E-state index contributed by atoms with van der Waals surface area (Å²) in [5, 5.41) is 2.84. The van der Waals surface area contributed by atoms with Gasteiger partial charge in [0.25, 0.3) is 0 Å². The van der Waals surface area contributed by atoms with Crippen LogP contribution in [0.1, 0.15) is 43.5 Å². The maximum absolute atomic E-state index is 11.1. The van der Waals surface area contributed by atoms with Crippen molar-refractivity contribution in [2.24, 2.45) is 0 Å². The molecule has 1 atom stereocenters. The first kappa shape index (κ1) is 14.2. The van der Waals surface area contributed by atoms with E-state index in [1.54, 1.807) is 0 Å². The van der Waals surface area contributed by atoms with E-state index in [-0.39, 0.29) is 17.9 Å². The molecule has 0 radical (unpaired) electrons. The molecule has 0 aliphatic rings. The summed E-state index contributed by atoms with van der Waals surface area (Å²) in [4.78, 5) is 22.0. The molecule has 0 bridgehead atoms. The van der Waals surface area contributed by atoms with Gasteiger partial charge < -0.3 is 10.1 Å². The third-order valence-electron chi connectivity index (χ3n) is 2.70. The summed E-state index contributed by atoms with van der Waals surface area (Å²) in [6.07, 6.45) is 0. The highest BCUT2D eigenvalue weighted by Crippen LogP contribution is 2.26. The van der Waals surface area contributed by atoms with Crippen LogP contribution in [-0.2, 0) is 9.59 Å². The molecule has 1 aromatic carbocycles. The Morgan fingerprint density at radius 3 is 2.28 bits per heavy atom. The molecule has 1 amide bonds. The molecule has 1 aromatic rings. The molecule has 0 aromatic heterocycles. The number of esters is 1. The van der Waals surface area contributed by atoms with Crippen LogP contribution in [0.4, 0.5) is 0 Å². The van der Waals surface area contributed by atoms with Gasteiger partial charge in [-0.3, -0.25) is 9.59 Å². The lowest BCUT2D eigenvalue weighted by Gasteiger charge is -2.18. The lowest BCUT2D eigenvalue weighted by molar-refractivity contribution is -0.132. The summed E-state index contributed by atoms with van der Waals surface area (Å²) in [6, 6.07) is 3.70. The van der Waals surface area contributed by atoms with Crippen molar-refractivity contribution >= 4 is 11.9 Å². The van der Waals surface area contributed by atoms with Gasteiger partial charge in [-0.2, -0.15) is 0 Å². The van der Waals surface area contributed by atoms with E-state index in [1.807, 2.05) is 32.9 Å². The second-order valence-electron chi connectivity index (χ2n) is 4.49.